The second-order valence-electron chi connectivity index (χ2n) is 9.02. The van der Waals surface area contributed by atoms with Crippen molar-refractivity contribution in [2.75, 3.05) is 13.1 Å². The molecule has 2 amide bonds. The highest BCUT2D eigenvalue weighted by molar-refractivity contribution is 6.30. The zero-order valence-corrected chi connectivity index (χ0v) is 19.2. The van der Waals surface area contributed by atoms with Crippen molar-refractivity contribution in [3.63, 3.8) is 0 Å². The van der Waals surface area contributed by atoms with E-state index in [0.29, 0.717) is 35.9 Å². The van der Waals surface area contributed by atoms with E-state index in [1.807, 2.05) is 24.3 Å². The first kappa shape index (κ1) is 22.1. The van der Waals surface area contributed by atoms with E-state index in [1.165, 1.54) is 0 Å². The molecule has 0 unspecified atom stereocenters. The Labute approximate surface area is 192 Å². The third-order valence-electron chi connectivity index (χ3n) is 5.71. The maximum atomic E-state index is 12.8. The van der Waals surface area contributed by atoms with Crippen molar-refractivity contribution >= 4 is 23.4 Å². The smallest absolute Gasteiger partial charge is 0.251 e. The summed E-state index contributed by atoms with van der Waals surface area (Å²) in [5.74, 6) is 0.249. The highest BCUT2D eigenvalue weighted by atomic mass is 35.5. The molecule has 32 heavy (non-hydrogen) atoms. The fraction of sp³-hybridized carbons (Fsp3) is 0.320. The van der Waals surface area contributed by atoms with Crippen LogP contribution >= 0.6 is 11.6 Å². The number of fused-ring (bicyclic) bond motifs is 1. The summed E-state index contributed by atoms with van der Waals surface area (Å²) < 4.78 is 5.56. The summed E-state index contributed by atoms with van der Waals surface area (Å²) in [5.41, 5.74) is 4.34. The average Bonchev–Trinajstić information content (AvgIpc) is 3.20. The third kappa shape index (κ3) is 4.70. The van der Waals surface area contributed by atoms with Gasteiger partial charge in [0, 0.05) is 34.7 Å². The van der Waals surface area contributed by atoms with E-state index in [9.17, 15) is 9.59 Å². The van der Waals surface area contributed by atoms with E-state index in [0.717, 1.165) is 22.4 Å². The molecule has 0 bridgehead atoms. The van der Waals surface area contributed by atoms with Crippen molar-refractivity contribution in [3.05, 3.63) is 75.9 Å². The van der Waals surface area contributed by atoms with Crippen LogP contribution in [-0.4, -0.2) is 35.0 Å². The number of carbonyl (C=O) groups is 2. The van der Waals surface area contributed by atoms with Gasteiger partial charge < -0.3 is 14.7 Å². The van der Waals surface area contributed by atoms with Crippen LogP contribution in [0.3, 0.4) is 0 Å². The molecule has 2 heterocycles. The summed E-state index contributed by atoms with van der Waals surface area (Å²) in [7, 11) is 0. The molecule has 0 saturated carbocycles. The minimum atomic E-state index is -0.261. The number of aromatic nitrogens is 1. The second-order valence-corrected chi connectivity index (χ2v) is 9.46. The number of hydrogen-bond donors (Lipinski definition) is 1. The minimum absolute atomic E-state index is 0.0187. The standard InChI is InChI=1S/C25H26ClN3O3/c1-25(2,3)18-8-4-17(5-9-18)24(31)27-14-22(30)29-13-12-21-20(15-29)23(32-28-21)16-6-10-19(26)11-7-16/h4-11H,12-15H2,1-3H3,(H,27,31). The van der Waals surface area contributed by atoms with Gasteiger partial charge in [-0.1, -0.05) is 49.7 Å². The first-order valence-corrected chi connectivity index (χ1v) is 11.0. The Morgan fingerprint density at radius 3 is 2.44 bits per heavy atom. The van der Waals surface area contributed by atoms with E-state index < -0.39 is 0 Å². The number of benzene rings is 2. The molecule has 4 rings (SSSR count). The Morgan fingerprint density at radius 1 is 1.09 bits per heavy atom. The van der Waals surface area contributed by atoms with Crippen LogP contribution in [0, 0.1) is 0 Å². The number of nitrogens with zero attached hydrogens (tertiary/aromatic N) is 2. The minimum Gasteiger partial charge on any atom is -0.356 e. The summed E-state index contributed by atoms with van der Waals surface area (Å²) in [6, 6.07) is 14.8. The molecule has 0 saturated heterocycles. The monoisotopic (exact) mass is 451 g/mol. The molecule has 3 aromatic rings. The van der Waals surface area contributed by atoms with Crippen molar-refractivity contribution in [2.45, 2.75) is 39.2 Å². The Bertz CT molecular complexity index is 1130. The summed E-state index contributed by atoms with van der Waals surface area (Å²) >= 11 is 5.98. The van der Waals surface area contributed by atoms with E-state index in [4.69, 9.17) is 16.1 Å². The van der Waals surface area contributed by atoms with Crippen LogP contribution in [0.2, 0.25) is 5.02 Å². The predicted octanol–water partition coefficient (Wildman–Crippen LogP) is 4.61. The summed E-state index contributed by atoms with van der Waals surface area (Å²) in [6.07, 6.45) is 0.611. The lowest BCUT2D eigenvalue weighted by Crippen LogP contribution is -2.42. The number of rotatable bonds is 4. The quantitative estimate of drug-likeness (QED) is 0.628. The summed E-state index contributed by atoms with van der Waals surface area (Å²) in [6.45, 7) is 7.24. The van der Waals surface area contributed by atoms with Crippen molar-refractivity contribution in [1.29, 1.82) is 0 Å². The molecule has 1 N–H and O–H groups in total. The number of nitrogens with one attached hydrogen (secondary N) is 1. The summed E-state index contributed by atoms with van der Waals surface area (Å²) in [4.78, 5) is 27.0. The first-order valence-electron chi connectivity index (χ1n) is 10.6. The lowest BCUT2D eigenvalue weighted by atomic mass is 9.87. The first-order chi connectivity index (χ1) is 15.2. The van der Waals surface area contributed by atoms with Crippen LogP contribution < -0.4 is 5.32 Å². The molecule has 7 heteroatoms. The van der Waals surface area contributed by atoms with E-state index >= 15 is 0 Å². The van der Waals surface area contributed by atoms with Crippen LogP contribution in [0.15, 0.2) is 53.1 Å². The number of amides is 2. The van der Waals surface area contributed by atoms with Gasteiger partial charge in [0.15, 0.2) is 5.76 Å². The van der Waals surface area contributed by atoms with Crippen LogP contribution in [-0.2, 0) is 23.2 Å². The normalized spacial score (nSPS) is 13.6. The fourth-order valence-electron chi connectivity index (χ4n) is 3.74. The molecule has 0 spiro atoms. The maximum Gasteiger partial charge on any atom is 0.251 e. The largest absolute Gasteiger partial charge is 0.356 e. The Balaban J connectivity index is 1.39. The third-order valence-corrected chi connectivity index (χ3v) is 5.96. The van der Waals surface area contributed by atoms with Crippen LogP contribution in [0.1, 0.15) is 48.0 Å². The number of hydrogen-bond acceptors (Lipinski definition) is 4. The van der Waals surface area contributed by atoms with Gasteiger partial charge in [-0.3, -0.25) is 9.59 Å². The highest BCUT2D eigenvalue weighted by Gasteiger charge is 2.27. The van der Waals surface area contributed by atoms with E-state index in [-0.39, 0.29) is 23.8 Å². The van der Waals surface area contributed by atoms with Crippen molar-refractivity contribution in [3.8, 4) is 11.3 Å². The molecule has 0 fully saturated rings. The Kier molecular flexibility index (Phi) is 6.07. The lowest BCUT2D eigenvalue weighted by Gasteiger charge is -2.26. The molecule has 0 radical (unpaired) electrons. The Morgan fingerprint density at radius 2 is 1.78 bits per heavy atom. The van der Waals surface area contributed by atoms with Gasteiger partial charge >= 0.3 is 0 Å². The average molecular weight is 452 g/mol. The van der Waals surface area contributed by atoms with Crippen molar-refractivity contribution in [1.82, 2.24) is 15.4 Å². The van der Waals surface area contributed by atoms with Crippen molar-refractivity contribution in [2.24, 2.45) is 0 Å². The topological polar surface area (TPSA) is 75.4 Å². The molecule has 1 aliphatic rings. The predicted molar refractivity (Wildman–Crippen MR) is 124 cm³/mol. The molecular weight excluding hydrogens is 426 g/mol. The van der Waals surface area contributed by atoms with Gasteiger partial charge in [0.1, 0.15) is 0 Å². The van der Waals surface area contributed by atoms with E-state index in [2.05, 4.69) is 31.2 Å². The van der Waals surface area contributed by atoms with Gasteiger partial charge in [0.2, 0.25) is 5.91 Å². The molecule has 6 nitrogen and oxygen atoms in total. The van der Waals surface area contributed by atoms with Crippen molar-refractivity contribution < 1.29 is 14.1 Å². The lowest BCUT2D eigenvalue weighted by molar-refractivity contribution is -0.131. The zero-order valence-electron chi connectivity index (χ0n) is 18.4. The molecule has 1 aliphatic heterocycles. The molecular formula is C25H26ClN3O3. The number of carbonyl (C=O) groups excluding carboxylic acids is 2. The van der Waals surface area contributed by atoms with Gasteiger partial charge in [0.05, 0.1) is 18.8 Å². The van der Waals surface area contributed by atoms with Gasteiger partial charge in [-0.15, -0.1) is 0 Å². The van der Waals surface area contributed by atoms with E-state index in [1.54, 1.807) is 29.2 Å². The molecule has 166 valence electrons. The highest BCUT2D eigenvalue weighted by Crippen LogP contribution is 2.31. The molecule has 0 atom stereocenters. The fourth-order valence-corrected chi connectivity index (χ4v) is 3.87. The van der Waals surface area contributed by atoms with Gasteiger partial charge in [-0.05, 0) is 47.4 Å². The van der Waals surface area contributed by atoms with Crippen LogP contribution in [0.5, 0.6) is 0 Å². The zero-order chi connectivity index (χ0) is 22.9. The Hall–Kier alpha value is -3.12. The van der Waals surface area contributed by atoms with Gasteiger partial charge in [0.25, 0.3) is 5.91 Å². The molecule has 2 aromatic carbocycles. The van der Waals surface area contributed by atoms with Crippen LogP contribution in [0.4, 0.5) is 0 Å². The number of halogens is 1. The molecule has 1 aromatic heterocycles. The maximum absolute atomic E-state index is 12.8. The van der Waals surface area contributed by atoms with Gasteiger partial charge in [-0.2, -0.15) is 0 Å². The summed E-state index contributed by atoms with van der Waals surface area (Å²) in [5, 5.41) is 7.55. The SMILES string of the molecule is CC(C)(C)c1ccc(C(=O)NCC(=O)N2CCc3noc(-c4ccc(Cl)cc4)c3C2)cc1. The second kappa shape index (κ2) is 8.79. The van der Waals surface area contributed by atoms with Crippen LogP contribution in [0.25, 0.3) is 11.3 Å². The molecule has 0 aliphatic carbocycles. The van der Waals surface area contributed by atoms with Gasteiger partial charge in [-0.25, -0.2) is 0 Å².